The molecule has 5 rings (SSSR count). The summed E-state index contributed by atoms with van der Waals surface area (Å²) in [4.78, 5) is 19.4. The second-order valence-electron chi connectivity index (χ2n) is 11.3. The Morgan fingerprint density at radius 3 is 2.56 bits per heavy atom. The van der Waals surface area contributed by atoms with E-state index in [1.54, 1.807) is 19.2 Å². The lowest BCUT2D eigenvalue weighted by atomic mass is 9.47. The smallest absolute Gasteiger partial charge is 0.220 e. The minimum Gasteiger partial charge on any atom is -0.497 e. The molecule has 4 N–H and O–H groups in total. The average Bonchev–Trinajstić information content (AvgIpc) is 3.34. The lowest BCUT2D eigenvalue weighted by Crippen LogP contribution is -2.57. The molecule has 2 aliphatic rings. The van der Waals surface area contributed by atoms with Crippen LogP contribution in [0.2, 0.25) is 0 Å². The maximum Gasteiger partial charge on any atom is 0.220 e. The fraction of sp³-hybridized carbons (Fsp3) is 0.467. The summed E-state index contributed by atoms with van der Waals surface area (Å²) in [6.45, 7) is 4.43. The van der Waals surface area contributed by atoms with E-state index in [1.165, 1.54) is 23.5 Å². The van der Waals surface area contributed by atoms with E-state index < -0.39 is 11.5 Å². The number of nitrogens with one attached hydrogen (secondary N) is 2. The van der Waals surface area contributed by atoms with E-state index in [0.29, 0.717) is 24.5 Å². The third kappa shape index (κ3) is 5.27. The number of rotatable bonds is 8. The van der Waals surface area contributed by atoms with Crippen molar-refractivity contribution in [1.82, 2.24) is 10.3 Å². The van der Waals surface area contributed by atoms with Crippen LogP contribution in [-0.2, 0) is 17.8 Å². The van der Waals surface area contributed by atoms with Gasteiger partial charge in [-0.3, -0.25) is 4.79 Å². The van der Waals surface area contributed by atoms with Crippen LogP contribution in [0.25, 0.3) is 0 Å². The van der Waals surface area contributed by atoms with E-state index >= 15 is 0 Å². The first-order chi connectivity index (χ1) is 18.7. The lowest BCUT2D eigenvalue weighted by Gasteiger charge is -2.58. The molecule has 0 spiro atoms. The fourth-order valence-corrected chi connectivity index (χ4v) is 7.65. The number of methoxy groups -OCH3 is 1. The van der Waals surface area contributed by atoms with Crippen LogP contribution in [0.3, 0.4) is 0 Å². The van der Waals surface area contributed by atoms with E-state index in [9.17, 15) is 19.4 Å². The first kappa shape index (κ1) is 27.6. The first-order valence-electron chi connectivity index (χ1n) is 13.4. The van der Waals surface area contributed by atoms with E-state index in [0.717, 1.165) is 34.0 Å². The van der Waals surface area contributed by atoms with Crippen molar-refractivity contribution in [3.05, 3.63) is 70.5 Å². The highest BCUT2D eigenvalue weighted by Gasteiger charge is 2.59. The molecular weight excluding hydrogens is 517 g/mol. The van der Waals surface area contributed by atoms with E-state index in [2.05, 4.69) is 17.6 Å². The van der Waals surface area contributed by atoms with Crippen molar-refractivity contribution in [3.8, 4) is 5.75 Å². The molecule has 1 heterocycles. The topological polar surface area (TPSA) is 104 Å². The summed E-state index contributed by atoms with van der Waals surface area (Å²) in [5, 5.41) is 28.5. The van der Waals surface area contributed by atoms with Crippen molar-refractivity contribution in [1.29, 1.82) is 0 Å². The number of aliphatic hydroxyl groups excluding tert-OH is 2. The molecule has 9 heteroatoms. The number of nitrogens with zero attached hydrogens (tertiary/aromatic N) is 1. The Labute approximate surface area is 232 Å². The van der Waals surface area contributed by atoms with Crippen LogP contribution in [0.1, 0.15) is 55.2 Å². The molecule has 2 aliphatic carbocycles. The number of aromatic nitrogens is 1. The maximum atomic E-state index is 13.4. The number of carbonyl (C=O) groups is 1. The highest BCUT2D eigenvalue weighted by Crippen LogP contribution is 2.62. The molecule has 7 nitrogen and oxygen atoms in total. The first-order valence-corrected chi connectivity index (χ1v) is 14.2. The van der Waals surface area contributed by atoms with Gasteiger partial charge in [0.2, 0.25) is 5.91 Å². The van der Waals surface area contributed by atoms with Gasteiger partial charge in [0.15, 0.2) is 5.13 Å². The van der Waals surface area contributed by atoms with Crippen molar-refractivity contribution < 1.29 is 24.1 Å². The number of benzene rings is 2. The Hall–Kier alpha value is -3.01. The quantitative estimate of drug-likeness (QED) is 0.307. The average molecular weight is 554 g/mol. The van der Waals surface area contributed by atoms with Gasteiger partial charge in [-0.05, 0) is 72.6 Å². The highest BCUT2D eigenvalue weighted by molar-refractivity contribution is 7.15. The largest absolute Gasteiger partial charge is 0.497 e. The number of fused-ring (bicyclic) bond motifs is 2. The molecule has 0 aliphatic heterocycles. The van der Waals surface area contributed by atoms with Gasteiger partial charge in [0, 0.05) is 34.9 Å². The zero-order valence-electron chi connectivity index (χ0n) is 22.5. The van der Waals surface area contributed by atoms with Crippen molar-refractivity contribution in [2.75, 3.05) is 19.0 Å². The number of thiazole rings is 1. The highest BCUT2D eigenvalue weighted by atomic mass is 32.1. The van der Waals surface area contributed by atoms with Crippen LogP contribution in [-0.4, -0.2) is 40.9 Å². The fourth-order valence-electron chi connectivity index (χ4n) is 6.56. The van der Waals surface area contributed by atoms with Gasteiger partial charge < -0.3 is 25.6 Å². The number of halogens is 1. The lowest BCUT2D eigenvalue weighted by molar-refractivity contribution is -0.144. The zero-order valence-corrected chi connectivity index (χ0v) is 23.4. The molecule has 3 aromatic rings. The minimum atomic E-state index is -0.683. The van der Waals surface area contributed by atoms with Gasteiger partial charge in [-0.2, -0.15) is 0 Å². The molecule has 5 atom stereocenters. The Bertz CT molecular complexity index is 1310. The summed E-state index contributed by atoms with van der Waals surface area (Å²) < 4.78 is 18.6. The van der Waals surface area contributed by atoms with Gasteiger partial charge in [0.25, 0.3) is 0 Å². The molecule has 208 valence electrons. The van der Waals surface area contributed by atoms with Crippen LogP contribution < -0.4 is 15.4 Å². The number of amides is 1. The predicted octanol–water partition coefficient (Wildman–Crippen LogP) is 5.16. The number of hydrogen-bond acceptors (Lipinski definition) is 7. The molecule has 1 amide bonds. The predicted molar refractivity (Wildman–Crippen MR) is 150 cm³/mol. The maximum absolute atomic E-state index is 13.4. The number of anilines is 2. The van der Waals surface area contributed by atoms with Gasteiger partial charge in [-0.1, -0.05) is 26.0 Å². The van der Waals surface area contributed by atoms with Crippen LogP contribution in [0.5, 0.6) is 5.75 Å². The molecule has 0 bridgehead atoms. The third-order valence-corrected chi connectivity index (χ3v) is 10.0. The van der Waals surface area contributed by atoms with Crippen molar-refractivity contribution in [2.24, 2.45) is 16.7 Å². The molecule has 2 aromatic carbocycles. The van der Waals surface area contributed by atoms with Gasteiger partial charge >= 0.3 is 0 Å². The molecule has 1 saturated carbocycles. The standard InChI is InChI=1S/C30H36FN3O4S/c1-29-13-12-25(36)30(2,17-35)24(29)15-23-27(34-28(39-23)33-20-8-6-19(31)7-9-20)22(29)14-26(37)32-16-18-4-10-21(38-3)11-5-18/h4-11,22,24-25,35-36H,12-17H2,1-3H3,(H,32,37)(H,33,34). The minimum absolute atomic E-state index is 0.0234. The molecular formula is C30H36FN3O4S. The Balaban J connectivity index is 1.43. The number of ether oxygens (including phenoxy) is 1. The van der Waals surface area contributed by atoms with Crippen LogP contribution >= 0.6 is 11.3 Å². The van der Waals surface area contributed by atoms with Gasteiger partial charge in [0.05, 0.1) is 25.5 Å². The van der Waals surface area contributed by atoms with Gasteiger partial charge in [0.1, 0.15) is 11.6 Å². The SMILES string of the molecule is COc1ccc(CNC(=O)CC2c3nc(Nc4ccc(F)cc4)sc3CC3C(C)(CO)C(O)CCC23C)cc1. The molecule has 0 saturated heterocycles. The molecule has 1 aromatic heterocycles. The summed E-state index contributed by atoms with van der Waals surface area (Å²) in [5.41, 5.74) is 1.60. The van der Waals surface area contributed by atoms with Crippen molar-refractivity contribution in [3.63, 3.8) is 0 Å². The summed E-state index contributed by atoms with van der Waals surface area (Å²) in [6.07, 6.45) is 1.62. The second-order valence-corrected chi connectivity index (χ2v) is 12.4. The molecule has 39 heavy (non-hydrogen) atoms. The molecule has 0 radical (unpaired) electrons. The van der Waals surface area contributed by atoms with E-state index in [4.69, 9.17) is 9.72 Å². The molecule has 1 fully saturated rings. The molecule has 5 unspecified atom stereocenters. The Kier molecular flexibility index (Phi) is 7.68. The monoisotopic (exact) mass is 553 g/mol. The second kappa shape index (κ2) is 10.9. The summed E-state index contributed by atoms with van der Waals surface area (Å²) >= 11 is 1.52. The Morgan fingerprint density at radius 2 is 1.90 bits per heavy atom. The van der Waals surface area contributed by atoms with Crippen LogP contribution in [0.15, 0.2) is 48.5 Å². The number of aliphatic hydroxyl groups is 2. The Morgan fingerprint density at radius 1 is 1.18 bits per heavy atom. The van der Waals surface area contributed by atoms with Crippen molar-refractivity contribution in [2.45, 2.75) is 58.1 Å². The normalized spacial score (nSPS) is 27.8. The van der Waals surface area contributed by atoms with Crippen LogP contribution in [0, 0.1) is 22.6 Å². The van der Waals surface area contributed by atoms with Gasteiger partial charge in [-0.25, -0.2) is 9.37 Å². The van der Waals surface area contributed by atoms with E-state index in [1.807, 2.05) is 31.2 Å². The summed E-state index contributed by atoms with van der Waals surface area (Å²) in [6, 6.07) is 13.7. The number of carbonyl (C=O) groups excluding carboxylic acids is 1. The summed E-state index contributed by atoms with van der Waals surface area (Å²) in [7, 11) is 1.62. The van der Waals surface area contributed by atoms with Crippen molar-refractivity contribution >= 4 is 28.1 Å². The summed E-state index contributed by atoms with van der Waals surface area (Å²) in [5.74, 6) is 0.184. The number of hydrogen-bond donors (Lipinski definition) is 4. The van der Waals surface area contributed by atoms with Gasteiger partial charge in [-0.15, -0.1) is 11.3 Å². The zero-order chi connectivity index (χ0) is 27.8. The van der Waals surface area contributed by atoms with Crippen LogP contribution in [0.4, 0.5) is 15.2 Å². The van der Waals surface area contributed by atoms with E-state index in [-0.39, 0.29) is 42.0 Å². The third-order valence-electron chi connectivity index (χ3n) is 9.03.